The number of carboxylic acid groups (broad SMARTS) is 1. The number of carboxylic acids is 1. The Balaban J connectivity index is 1.98. The summed E-state index contributed by atoms with van der Waals surface area (Å²) in [6.45, 7) is 0.232. The maximum atomic E-state index is 12.5. The molecule has 0 spiro atoms. The predicted octanol–water partition coefficient (Wildman–Crippen LogP) is 3.30. The number of nitrogens with one attached hydrogen (secondary N) is 1. The first-order valence-electron chi connectivity index (χ1n) is 9.48. The molecular formula is C22H20N2O5. The number of nitrogens with zero attached hydrogens (tertiary/aromatic N) is 1. The molecule has 0 fully saturated rings. The van der Waals surface area contributed by atoms with Crippen LogP contribution in [0.5, 0.6) is 11.6 Å². The van der Waals surface area contributed by atoms with Gasteiger partial charge in [0, 0.05) is 8.39 Å². The van der Waals surface area contributed by atoms with Crippen molar-refractivity contribution in [3.05, 3.63) is 89.1 Å². The average molecular weight is 394 g/mol. The Morgan fingerprint density at radius 1 is 1.00 bits per heavy atom. The zero-order valence-electron chi connectivity index (χ0n) is 16.5. The molecule has 3 rings (SSSR count). The molecule has 7 heteroatoms. The van der Waals surface area contributed by atoms with Gasteiger partial charge in [0.05, 0.1) is 5.56 Å². The third-order valence-electron chi connectivity index (χ3n) is 4.01. The lowest BCUT2D eigenvalue weighted by Crippen LogP contribution is -2.21. The zero-order chi connectivity index (χ0) is 21.3. The van der Waals surface area contributed by atoms with Gasteiger partial charge >= 0.3 is 5.97 Å². The lowest BCUT2D eigenvalue weighted by Gasteiger charge is -2.16. The summed E-state index contributed by atoms with van der Waals surface area (Å²) in [5.74, 6) is -2.05. The van der Waals surface area contributed by atoms with Gasteiger partial charge in [0.2, 0.25) is 0 Å². The fraction of sp³-hybridized carbons (Fsp3) is 0.136. The van der Waals surface area contributed by atoms with E-state index in [9.17, 15) is 14.7 Å². The second kappa shape index (κ2) is 9.36. The summed E-state index contributed by atoms with van der Waals surface area (Å²) >= 11 is 0. The van der Waals surface area contributed by atoms with E-state index < -0.39 is 11.9 Å². The number of carbonyl (C=O) groups excluding carboxylic acids is 1. The van der Waals surface area contributed by atoms with E-state index in [0.717, 1.165) is 17.2 Å². The van der Waals surface area contributed by atoms with Gasteiger partial charge < -0.3 is 19.9 Å². The van der Waals surface area contributed by atoms with E-state index >= 15 is 0 Å². The largest absolute Gasteiger partial charge is 0.483 e. The molecule has 0 unspecified atom stereocenters. The molecule has 1 aromatic heterocycles. The normalized spacial score (nSPS) is 10.7. The topological polar surface area (TPSA) is 97.8 Å². The molecular weight excluding hydrogens is 372 g/mol. The van der Waals surface area contributed by atoms with E-state index in [1.807, 2.05) is 60.7 Å². The smallest absolute Gasteiger partial charge is 0.354 e. The second-order valence-corrected chi connectivity index (χ2v) is 6.05. The van der Waals surface area contributed by atoms with Crippen molar-refractivity contribution < 1.29 is 25.5 Å². The Kier molecular flexibility index (Phi) is 5.97. The number of aromatic nitrogens is 1. The molecule has 3 aromatic rings. The second-order valence-electron chi connectivity index (χ2n) is 6.05. The summed E-state index contributed by atoms with van der Waals surface area (Å²) in [7, 11) is -0.373. The fourth-order valence-corrected chi connectivity index (χ4v) is 2.58. The monoisotopic (exact) mass is 394 g/mol. The highest BCUT2D eigenvalue weighted by Gasteiger charge is 2.23. The molecule has 0 saturated heterocycles. The van der Waals surface area contributed by atoms with Gasteiger partial charge in [-0.25, -0.2) is 9.78 Å². The highest BCUT2D eigenvalue weighted by atomic mass is 16.5. The number of rotatable bonds is 8. The van der Waals surface area contributed by atoms with Crippen molar-refractivity contribution in [2.24, 2.45) is 0 Å². The van der Waals surface area contributed by atoms with E-state index in [1.54, 1.807) is 0 Å². The number of carbonyl (C=O) groups is 2. The highest BCUT2D eigenvalue weighted by Crippen LogP contribution is 2.32. The van der Waals surface area contributed by atoms with E-state index in [2.05, 4.69) is 10.3 Å². The third kappa shape index (κ3) is 5.10. The number of hydrogen-bond donors (Lipinski definition) is 2. The van der Waals surface area contributed by atoms with Crippen molar-refractivity contribution in [1.29, 1.82) is 0 Å². The first-order valence-corrected chi connectivity index (χ1v) is 8.77. The van der Waals surface area contributed by atoms with Crippen LogP contribution < -0.4 is 14.8 Å². The molecule has 0 atom stereocenters. The molecule has 0 aliphatic carbocycles. The summed E-state index contributed by atoms with van der Waals surface area (Å²) in [6.07, 6.45) is 0. The fourth-order valence-electron chi connectivity index (χ4n) is 2.58. The van der Waals surface area contributed by atoms with E-state index in [-0.39, 0.29) is 43.1 Å². The number of hydrogen-bond acceptors (Lipinski definition) is 5. The van der Waals surface area contributed by atoms with E-state index in [4.69, 9.17) is 10.8 Å². The molecule has 148 valence electrons. The van der Waals surface area contributed by atoms with Gasteiger partial charge in [0.1, 0.15) is 13.2 Å². The molecule has 2 aromatic carbocycles. The van der Waals surface area contributed by atoms with Gasteiger partial charge in [-0.3, -0.25) is 4.79 Å². The maximum Gasteiger partial charge on any atom is 0.354 e. The van der Waals surface area contributed by atoms with Crippen molar-refractivity contribution in [1.82, 2.24) is 10.3 Å². The van der Waals surface area contributed by atoms with Crippen molar-refractivity contribution in [2.45, 2.75) is 13.2 Å². The molecule has 0 aliphatic rings. The van der Waals surface area contributed by atoms with Crippen LogP contribution in [0.3, 0.4) is 0 Å². The van der Waals surface area contributed by atoms with Gasteiger partial charge in [-0.2, -0.15) is 0 Å². The Hall–Kier alpha value is -3.87. The first kappa shape index (κ1) is 18.5. The summed E-state index contributed by atoms with van der Waals surface area (Å²) < 4.78 is 18.8. The Labute approximate surface area is 169 Å². The Morgan fingerprint density at radius 3 is 2.14 bits per heavy atom. The van der Waals surface area contributed by atoms with E-state index in [1.165, 1.54) is 0 Å². The zero-order valence-corrected chi connectivity index (χ0v) is 15.5. The van der Waals surface area contributed by atoms with Crippen LogP contribution in [0.4, 0.5) is 0 Å². The lowest BCUT2D eigenvalue weighted by molar-refractivity contribution is 0.0688. The molecule has 1 heterocycles. The molecule has 29 heavy (non-hydrogen) atoms. The molecule has 1 amide bonds. The van der Waals surface area contributed by atoms with Gasteiger partial charge in [-0.15, -0.1) is 0 Å². The van der Waals surface area contributed by atoms with Crippen molar-refractivity contribution >= 4 is 11.9 Å². The van der Waals surface area contributed by atoms with Crippen molar-refractivity contribution in [3.63, 3.8) is 0 Å². The Morgan fingerprint density at radius 2 is 1.59 bits per heavy atom. The summed E-state index contributed by atoms with van der Waals surface area (Å²) in [4.78, 5) is 28.0. The minimum Gasteiger partial charge on any atom is -0.483 e. The van der Waals surface area contributed by atoms with Gasteiger partial charge in [0.15, 0.2) is 11.4 Å². The standard InChI is InChI=1S/C22H20N2O5/c1-23-20(25)17-12-18(22(26)27)24-21(29-14-16-10-6-3-7-11-16)19(17)28-13-15-8-4-2-5-9-15/h2-12H,13-14H2,1H3,(H,23,25)(H,26,27)/i1T. The van der Waals surface area contributed by atoms with Gasteiger partial charge in [-0.1, -0.05) is 60.7 Å². The number of pyridine rings is 1. The molecule has 2 N–H and O–H groups in total. The molecule has 0 aliphatic heterocycles. The van der Waals surface area contributed by atoms with Crippen LogP contribution in [-0.2, 0) is 13.2 Å². The average Bonchev–Trinajstić information content (AvgIpc) is 2.77. The predicted molar refractivity (Wildman–Crippen MR) is 106 cm³/mol. The van der Waals surface area contributed by atoms with Gasteiger partial charge in [-0.05, 0) is 17.2 Å². The van der Waals surface area contributed by atoms with Crippen molar-refractivity contribution in [2.75, 3.05) is 7.02 Å². The van der Waals surface area contributed by atoms with Crippen LogP contribution >= 0.6 is 0 Å². The number of ether oxygens (including phenoxy) is 2. The highest BCUT2D eigenvalue weighted by molar-refractivity contribution is 5.99. The van der Waals surface area contributed by atoms with Crippen LogP contribution in [0.1, 0.15) is 33.3 Å². The number of amides is 1. The molecule has 7 nitrogen and oxygen atoms in total. The molecule has 0 radical (unpaired) electrons. The lowest BCUT2D eigenvalue weighted by atomic mass is 10.1. The van der Waals surface area contributed by atoms with Crippen LogP contribution in [0, 0.1) is 0 Å². The van der Waals surface area contributed by atoms with Crippen LogP contribution in [0.15, 0.2) is 66.7 Å². The van der Waals surface area contributed by atoms with Crippen LogP contribution in [0.2, 0.25) is 0 Å². The van der Waals surface area contributed by atoms with Crippen LogP contribution in [0.25, 0.3) is 0 Å². The summed E-state index contributed by atoms with van der Waals surface area (Å²) in [5.41, 5.74) is 1.26. The molecule has 0 saturated carbocycles. The third-order valence-corrected chi connectivity index (χ3v) is 4.01. The van der Waals surface area contributed by atoms with Crippen LogP contribution in [-0.4, -0.2) is 29.0 Å². The minimum absolute atomic E-state index is 0.0192. The Bertz CT molecular complexity index is 1010. The quantitative estimate of drug-likeness (QED) is 0.608. The van der Waals surface area contributed by atoms with Gasteiger partial charge in [0.25, 0.3) is 11.8 Å². The first-order chi connectivity index (χ1) is 14.6. The van der Waals surface area contributed by atoms with Crippen molar-refractivity contribution in [3.8, 4) is 11.6 Å². The summed E-state index contributed by atoms with van der Waals surface area (Å²) in [5, 5.41) is 11.7. The number of aromatic carboxylic acids is 1. The summed E-state index contributed by atoms with van der Waals surface area (Å²) in [6, 6.07) is 19.6. The maximum absolute atomic E-state index is 12.5. The molecule has 0 bridgehead atoms. The SMILES string of the molecule is [3H]CNC(=O)c1cc(C(=O)O)nc(OCc2ccccc2)c1OCc1ccccc1. The minimum atomic E-state index is -1.31. The van der Waals surface area contributed by atoms with E-state index in [0.29, 0.717) is 0 Å². The number of benzene rings is 2.